The molecule has 0 aliphatic heterocycles. The second-order valence-corrected chi connectivity index (χ2v) is 9.35. The number of nitrogens with zero attached hydrogens (tertiary/aromatic N) is 1. The average molecular weight is 423 g/mol. The molecule has 0 unspecified atom stereocenters. The molecule has 0 aliphatic rings. The van der Waals surface area contributed by atoms with E-state index in [4.69, 9.17) is 4.74 Å². The van der Waals surface area contributed by atoms with E-state index in [-0.39, 0.29) is 0 Å². The molecule has 0 bridgehead atoms. The minimum absolute atomic E-state index is 0.715. The van der Waals surface area contributed by atoms with Crippen molar-refractivity contribution in [3.63, 3.8) is 0 Å². The van der Waals surface area contributed by atoms with Crippen LogP contribution in [0.15, 0.2) is 115 Å². The third-order valence-corrected chi connectivity index (χ3v) is 7.35. The van der Waals surface area contributed by atoms with Gasteiger partial charge in [0, 0.05) is 22.7 Å². The van der Waals surface area contributed by atoms with Gasteiger partial charge in [-0.2, -0.15) is 0 Å². The fourth-order valence-corrected chi connectivity index (χ4v) is 5.26. The summed E-state index contributed by atoms with van der Waals surface area (Å²) in [6.07, 6.45) is 0. The van der Waals surface area contributed by atoms with Gasteiger partial charge in [0.05, 0.1) is 18.5 Å². The Hall–Kier alpha value is -3.73. The highest BCUT2D eigenvalue weighted by atomic mass is 31.2. The largest absolute Gasteiger partial charge is 0.497 e. The van der Waals surface area contributed by atoms with Crippen LogP contribution < -0.4 is 20.2 Å². The molecule has 0 saturated heterocycles. The van der Waals surface area contributed by atoms with Crippen LogP contribution in [0.5, 0.6) is 5.75 Å². The summed E-state index contributed by atoms with van der Waals surface area (Å²) in [6.45, 7) is 0. The number of rotatable bonds is 5. The number of ether oxygens (including phenoxy) is 1. The van der Waals surface area contributed by atoms with E-state index in [1.165, 1.54) is 0 Å². The summed E-state index contributed by atoms with van der Waals surface area (Å²) in [4.78, 5) is 1.85. The van der Waals surface area contributed by atoms with Gasteiger partial charge >= 0.3 is 0 Å². The molecule has 0 saturated carbocycles. The molecule has 31 heavy (non-hydrogen) atoms. The zero-order chi connectivity index (χ0) is 21.5. The maximum atomic E-state index is 14.3. The molecule has 4 heteroatoms. The molecule has 0 heterocycles. The van der Waals surface area contributed by atoms with Crippen LogP contribution in [0, 0.1) is 11.7 Å². The lowest BCUT2D eigenvalue weighted by molar-refractivity contribution is 0.415. The van der Waals surface area contributed by atoms with Gasteiger partial charge in [0.2, 0.25) is 7.14 Å². The first-order valence-corrected chi connectivity index (χ1v) is 11.6. The van der Waals surface area contributed by atoms with Crippen molar-refractivity contribution in [1.82, 2.24) is 0 Å². The Morgan fingerprint density at radius 1 is 0.677 bits per heavy atom. The van der Waals surface area contributed by atoms with Crippen LogP contribution in [0.4, 0.5) is 11.4 Å². The van der Waals surface area contributed by atoms with Crippen LogP contribution in [0.25, 0.3) is 0 Å². The Kier molecular flexibility index (Phi) is 6.22. The first-order chi connectivity index (χ1) is 15.2. The van der Waals surface area contributed by atoms with E-state index in [1.54, 1.807) is 7.11 Å². The maximum absolute atomic E-state index is 14.3. The average Bonchev–Trinajstić information content (AvgIpc) is 2.86. The van der Waals surface area contributed by atoms with E-state index in [0.29, 0.717) is 10.6 Å². The zero-order valence-corrected chi connectivity index (χ0v) is 18.1. The molecule has 4 rings (SSSR count). The number of benzene rings is 4. The lowest BCUT2D eigenvalue weighted by Crippen LogP contribution is -2.16. The van der Waals surface area contributed by atoms with Gasteiger partial charge in [-0.3, -0.25) is 9.46 Å². The summed E-state index contributed by atoms with van der Waals surface area (Å²) >= 11 is 0. The predicted molar refractivity (Wildman–Crippen MR) is 129 cm³/mol. The Balaban J connectivity index is 1.87. The third kappa shape index (κ3) is 4.56. The zero-order valence-electron chi connectivity index (χ0n) is 17.2. The fraction of sp³-hybridized carbons (Fsp3) is 0.0370. The molecule has 4 aromatic rings. The maximum Gasteiger partial charge on any atom is 0.212 e. The van der Waals surface area contributed by atoms with Crippen LogP contribution in [0.3, 0.4) is 0 Å². The molecule has 0 atom stereocenters. The van der Waals surface area contributed by atoms with E-state index in [9.17, 15) is 4.57 Å². The van der Waals surface area contributed by atoms with Crippen molar-refractivity contribution < 1.29 is 9.30 Å². The lowest BCUT2D eigenvalue weighted by Gasteiger charge is -2.19. The van der Waals surface area contributed by atoms with Crippen molar-refractivity contribution in [2.45, 2.75) is 0 Å². The highest BCUT2D eigenvalue weighted by molar-refractivity contribution is 7.83. The van der Waals surface area contributed by atoms with Crippen molar-refractivity contribution in [3.05, 3.63) is 115 Å². The molecule has 0 fully saturated rings. The first kappa shape index (κ1) is 20.5. The Labute approximate surface area is 183 Å². The quantitative estimate of drug-likeness (QED) is 0.232. The van der Waals surface area contributed by atoms with Crippen molar-refractivity contribution in [2.24, 2.45) is 0 Å². The van der Waals surface area contributed by atoms with E-state index in [2.05, 4.69) is 11.7 Å². The van der Waals surface area contributed by atoms with Crippen LogP contribution in [0.1, 0.15) is 0 Å². The van der Waals surface area contributed by atoms with Crippen LogP contribution in [0.2, 0.25) is 0 Å². The summed E-state index contributed by atoms with van der Waals surface area (Å²) in [6, 6.07) is 39.6. The summed E-state index contributed by atoms with van der Waals surface area (Å²) in [7, 11) is -1.54. The third-order valence-electron chi connectivity index (χ3n) is 4.88. The minimum atomic E-state index is -3.17. The second-order valence-electron chi connectivity index (χ2n) is 6.88. The van der Waals surface area contributed by atoms with Crippen molar-refractivity contribution in [3.8, 4) is 17.5 Å². The van der Waals surface area contributed by atoms with E-state index in [0.717, 1.165) is 17.1 Å². The fourth-order valence-electron chi connectivity index (χ4n) is 3.28. The lowest BCUT2D eigenvalue weighted by atomic mass is 10.2. The molecule has 4 aromatic carbocycles. The predicted octanol–water partition coefficient (Wildman–Crippen LogP) is 5.77. The minimum Gasteiger partial charge on any atom is -0.497 e. The van der Waals surface area contributed by atoms with Gasteiger partial charge in [-0.25, -0.2) is 0 Å². The number of anilines is 2. The van der Waals surface area contributed by atoms with Gasteiger partial charge in [-0.1, -0.05) is 84.9 Å². The molecule has 0 aliphatic carbocycles. The van der Waals surface area contributed by atoms with Crippen LogP contribution in [-0.4, -0.2) is 7.11 Å². The van der Waals surface area contributed by atoms with Gasteiger partial charge < -0.3 is 4.74 Å². The summed E-state index contributed by atoms with van der Waals surface area (Å²) < 4.78 is 19.7. The van der Waals surface area contributed by atoms with Gasteiger partial charge in [0.15, 0.2) is 0 Å². The molecule has 0 amide bonds. The van der Waals surface area contributed by atoms with Crippen LogP contribution in [-0.2, 0) is 4.57 Å². The molecule has 0 N–H and O–H groups in total. The van der Waals surface area contributed by atoms with Gasteiger partial charge in [0.25, 0.3) is 0 Å². The Morgan fingerprint density at radius 3 is 1.74 bits per heavy atom. The number of hydrogen-bond donors (Lipinski definition) is 0. The normalized spacial score (nSPS) is 10.6. The first-order valence-electron chi connectivity index (χ1n) is 9.94. The molecular weight excluding hydrogens is 401 g/mol. The van der Waals surface area contributed by atoms with Gasteiger partial charge in [-0.15, -0.1) is 0 Å². The smallest absolute Gasteiger partial charge is 0.212 e. The van der Waals surface area contributed by atoms with E-state index in [1.807, 2.05) is 120 Å². The number of para-hydroxylation sites is 1. The topological polar surface area (TPSA) is 29.5 Å². The van der Waals surface area contributed by atoms with Gasteiger partial charge in [0.1, 0.15) is 5.75 Å². The SMILES string of the molecule is COc1cccc(N(C#CP(=O)(c2ccccc2)c2ccccc2)c2ccccc2)c1. The molecule has 0 spiro atoms. The Morgan fingerprint density at radius 2 is 1.19 bits per heavy atom. The standard InChI is InChI=1S/C27H22NO2P/c1-30-25-15-11-14-24(22-25)28(23-12-5-2-6-13-23)20-21-31(29,26-16-7-3-8-17-26)27-18-9-4-10-19-27/h2-19,22H,1H3. The van der Waals surface area contributed by atoms with Crippen molar-refractivity contribution in [2.75, 3.05) is 12.0 Å². The summed E-state index contributed by atoms with van der Waals surface area (Å²) in [5.74, 6) is 0.731. The van der Waals surface area contributed by atoms with Gasteiger partial charge in [-0.05, 0) is 29.9 Å². The van der Waals surface area contributed by atoms with Crippen molar-refractivity contribution >= 4 is 29.1 Å². The highest BCUT2D eigenvalue weighted by Gasteiger charge is 2.25. The van der Waals surface area contributed by atoms with E-state index < -0.39 is 7.14 Å². The summed E-state index contributed by atoms with van der Waals surface area (Å²) in [5.41, 5.74) is 4.88. The monoisotopic (exact) mass is 423 g/mol. The van der Waals surface area contributed by atoms with Crippen LogP contribution >= 0.6 is 7.14 Å². The molecule has 0 radical (unpaired) electrons. The summed E-state index contributed by atoms with van der Waals surface area (Å²) in [5, 5.41) is 1.43. The Bertz CT molecular complexity index is 1200. The molecule has 3 nitrogen and oxygen atoms in total. The number of hydrogen-bond acceptors (Lipinski definition) is 3. The number of methoxy groups -OCH3 is 1. The molecule has 0 aromatic heterocycles. The molecule has 152 valence electrons. The van der Waals surface area contributed by atoms with Crippen molar-refractivity contribution in [1.29, 1.82) is 0 Å². The highest BCUT2D eigenvalue weighted by Crippen LogP contribution is 2.42. The second kappa shape index (κ2) is 9.39. The molecular formula is C27H22NO2P. The van der Waals surface area contributed by atoms with E-state index >= 15 is 0 Å².